The van der Waals surface area contributed by atoms with E-state index in [1.54, 1.807) is 0 Å². The molecule has 3 rings (SSSR count). The molecule has 0 aromatic heterocycles. The van der Waals surface area contributed by atoms with Crippen molar-refractivity contribution in [2.75, 3.05) is 19.0 Å². The van der Waals surface area contributed by atoms with Crippen LogP contribution in [0.1, 0.15) is 21.5 Å². The first-order valence-electron chi connectivity index (χ1n) is 8.15. The summed E-state index contributed by atoms with van der Waals surface area (Å²) in [5, 5.41) is 0. The van der Waals surface area contributed by atoms with Crippen LogP contribution in [-0.4, -0.2) is 26.1 Å². The van der Waals surface area contributed by atoms with E-state index in [4.69, 9.17) is 0 Å². The summed E-state index contributed by atoms with van der Waals surface area (Å²) in [4.78, 5) is 19.1. The lowest BCUT2D eigenvalue weighted by Gasteiger charge is -2.11. The van der Waals surface area contributed by atoms with Crippen LogP contribution < -0.4 is 4.90 Å². The minimum absolute atomic E-state index is 0.00739. The van der Waals surface area contributed by atoms with Crippen LogP contribution in [0.25, 0.3) is 0 Å². The number of carbonyl (C=O) groups excluding carboxylic acids is 1. The van der Waals surface area contributed by atoms with Gasteiger partial charge in [-0.2, -0.15) is 0 Å². The number of aliphatic imine (C=N–C) groups is 1. The second-order valence-corrected chi connectivity index (χ2v) is 5.99. The molecule has 0 N–H and O–H groups in total. The summed E-state index contributed by atoms with van der Waals surface area (Å²) < 4.78 is 0. The van der Waals surface area contributed by atoms with E-state index >= 15 is 0 Å². The number of anilines is 1. The molecule has 0 fully saturated rings. The Morgan fingerprint density at radius 2 is 1.52 bits per heavy atom. The van der Waals surface area contributed by atoms with Crippen LogP contribution >= 0.6 is 0 Å². The van der Waals surface area contributed by atoms with E-state index in [-0.39, 0.29) is 5.78 Å². The van der Waals surface area contributed by atoms with Crippen LogP contribution in [0.4, 0.5) is 11.4 Å². The predicted octanol–water partition coefficient (Wildman–Crippen LogP) is 4.73. The summed E-state index contributed by atoms with van der Waals surface area (Å²) >= 11 is 0. The van der Waals surface area contributed by atoms with Gasteiger partial charge in [-0.1, -0.05) is 54.6 Å². The van der Waals surface area contributed by atoms with Crippen molar-refractivity contribution in [3.05, 3.63) is 95.6 Å². The first kappa shape index (κ1) is 16.7. The molecule has 3 aromatic rings. The number of carbonyl (C=O) groups is 1. The average molecular weight is 328 g/mol. The lowest BCUT2D eigenvalue weighted by molar-refractivity contribution is 0.103. The number of benzene rings is 3. The molecule has 0 atom stereocenters. The summed E-state index contributed by atoms with van der Waals surface area (Å²) in [6.07, 6.45) is 1.81. The lowest BCUT2D eigenvalue weighted by Crippen LogP contribution is -2.08. The molecule has 0 aliphatic heterocycles. The van der Waals surface area contributed by atoms with E-state index in [0.717, 1.165) is 16.9 Å². The van der Waals surface area contributed by atoms with Gasteiger partial charge in [0, 0.05) is 37.1 Å². The van der Waals surface area contributed by atoms with Crippen LogP contribution in [0.5, 0.6) is 0 Å². The molecular weight excluding hydrogens is 308 g/mol. The molecule has 0 saturated carbocycles. The van der Waals surface area contributed by atoms with Crippen molar-refractivity contribution in [3.63, 3.8) is 0 Å². The maximum absolute atomic E-state index is 12.5. The topological polar surface area (TPSA) is 32.7 Å². The van der Waals surface area contributed by atoms with Gasteiger partial charge in [-0.15, -0.1) is 0 Å². The molecule has 0 aliphatic rings. The van der Waals surface area contributed by atoms with Crippen molar-refractivity contribution in [3.8, 4) is 0 Å². The zero-order chi connectivity index (χ0) is 17.6. The van der Waals surface area contributed by atoms with Crippen molar-refractivity contribution < 1.29 is 4.79 Å². The second kappa shape index (κ2) is 7.58. The lowest BCUT2D eigenvalue weighted by atomic mass is 10.0. The molecule has 0 spiro atoms. The fourth-order valence-electron chi connectivity index (χ4n) is 2.49. The van der Waals surface area contributed by atoms with Crippen LogP contribution in [0.15, 0.2) is 83.9 Å². The Balaban J connectivity index is 1.78. The van der Waals surface area contributed by atoms with Crippen molar-refractivity contribution in [2.45, 2.75) is 0 Å². The Morgan fingerprint density at radius 1 is 0.840 bits per heavy atom. The van der Waals surface area contributed by atoms with Gasteiger partial charge in [0.1, 0.15) is 0 Å². The van der Waals surface area contributed by atoms with Gasteiger partial charge in [0.2, 0.25) is 0 Å². The molecule has 0 radical (unpaired) electrons. The molecule has 0 saturated heterocycles. The van der Waals surface area contributed by atoms with Crippen molar-refractivity contribution in [2.24, 2.45) is 4.99 Å². The smallest absolute Gasteiger partial charge is 0.193 e. The summed E-state index contributed by atoms with van der Waals surface area (Å²) in [6.45, 7) is 0. The molecule has 25 heavy (non-hydrogen) atoms. The summed E-state index contributed by atoms with van der Waals surface area (Å²) in [6, 6.07) is 24.8. The highest BCUT2D eigenvalue weighted by atomic mass is 16.1. The quantitative estimate of drug-likeness (QED) is 0.501. The van der Waals surface area contributed by atoms with Crippen molar-refractivity contribution in [1.29, 1.82) is 0 Å². The number of ketones is 1. The second-order valence-electron chi connectivity index (χ2n) is 5.99. The van der Waals surface area contributed by atoms with Crippen LogP contribution in [-0.2, 0) is 0 Å². The van der Waals surface area contributed by atoms with E-state index in [0.29, 0.717) is 11.1 Å². The van der Waals surface area contributed by atoms with Gasteiger partial charge in [-0.3, -0.25) is 9.79 Å². The zero-order valence-corrected chi connectivity index (χ0v) is 14.4. The highest BCUT2D eigenvalue weighted by Crippen LogP contribution is 2.18. The van der Waals surface area contributed by atoms with E-state index in [9.17, 15) is 4.79 Å². The fraction of sp³-hybridized carbons (Fsp3) is 0.0909. The largest absolute Gasteiger partial charge is 0.378 e. The molecule has 3 nitrogen and oxygen atoms in total. The molecule has 3 aromatic carbocycles. The average Bonchev–Trinajstić information content (AvgIpc) is 2.67. The molecule has 0 bridgehead atoms. The maximum atomic E-state index is 12.5. The highest BCUT2D eigenvalue weighted by Gasteiger charge is 2.08. The third-order valence-corrected chi connectivity index (χ3v) is 3.92. The standard InChI is InChI=1S/C22H20N2O/c1-24(2)21-13-11-17(12-14-21)16-23-20-10-6-9-19(15-20)22(25)18-7-4-3-5-8-18/h3-16H,1-2H3. The zero-order valence-electron chi connectivity index (χ0n) is 14.4. The predicted molar refractivity (Wildman–Crippen MR) is 104 cm³/mol. The van der Waals surface area contributed by atoms with Crippen LogP contribution in [0.3, 0.4) is 0 Å². The Morgan fingerprint density at radius 3 is 2.20 bits per heavy atom. The monoisotopic (exact) mass is 328 g/mol. The number of nitrogens with zero attached hydrogens (tertiary/aromatic N) is 2. The molecule has 0 heterocycles. The van der Waals surface area contributed by atoms with Crippen molar-refractivity contribution >= 4 is 23.4 Å². The highest BCUT2D eigenvalue weighted by molar-refractivity contribution is 6.09. The summed E-state index contributed by atoms with van der Waals surface area (Å²) in [5.41, 5.74) is 4.25. The van der Waals surface area contributed by atoms with Gasteiger partial charge in [-0.25, -0.2) is 0 Å². The van der Waals surface area contributed by atoms with Crippen LogP contribution in [0.2, 0.25) is 0 Å². The number of rotatable bonds is 5. The van der Waals surface area contributed by atoms with Gasteiger partial charge in [0.25, 0.3) is 0 Å². The van der Waals surface area contributed by atoms with Gasteiger partial charge in [-0.05, 0) is 29.8 Å². The normalized spacial score (nSPS) is 10.8. The van der Waals surface area contributed by atoms with Crippen molar-refractivity contribution in [1.82, 2.24) is 0 Å². The fourth-order valence-corrected chi connectivity index (χ4v) is 2.49. The number of hydrogen-bond acceptors (Lipinski definition) is 3. The first-order chi connectivity index (χ1) is 12.1. The first-order valence-corrected chi connectivity index (χ1v) is 8.15. The molecule has 0 aliphatic carbocycles. The minimum atomic E-state index is 0.00739. The Kier molecular flexibility index (Phi) is 5.05. The third-order valence-electron chi connectivity index (χ3n) is 3.92. The maximum Gasteiger partial charge on any atom is 0.193 e. The molecule has 3 heteroatoms. The van der Waals surface area contributed by atoms with E-state index in [1.165, 1.54) is 0 Å². The Bertz CT molecular complexity index is 881. The van der Waals surface area contributed by atoms with Gasteiger partial charge < -0.3 is 4.90 Å². The van der Waals surface area contributed by atoms with Gasteiger partial charge in [0.05, 0.1) is 5.69 Å². The van der Waals surface area contributed by atoms with E-state index < -0.39 is 0 Å². The van der Waals surface area contributed by atoms with E-state index in [1.807, 2.05) is 87.0 Å². The Hall–Kier alpha value is -3.20. The molecule has 0 amide bonds. The SMILES string of the molecule is CN(C)c1ccc(C=Nc2cccc(C(=O)c3ccccc3)c2)cc1. The number of hydrogen-bond donors (Lipinski definition) is 0. The summed E-state index contributed by atoms with van der Waals surface area (Å²) in [5.74, 6) is 0.00739. The molecular formula is C22H20N2O. The van der Waals surface area contributed by atoms with Gasteiger partial charge in [0.15, 0.2) is 5.78 Å². The Labute approximate surface area is 148 Å². The summed E-state index contributed by atoms with van der Waals surface area (Å²) in [7, 11) is 4.02. The van der Waals surface area contributed by atoms with E-state index in [2.05, 4.69) is 22.0 Å². The molecule has 124 valence electrons. The molecule has 0 unspecified atom stereocenters. The third kappa shape index (κ3) is 4.21. The van der Waals surface area contributed by atoms with Gasteiger partial charge >= 0.3 is 0 Å². The minimum Gasteiger partial charge on any atom is -0.378 e. The van der Waals surface area contributed by atoms with Crippen LogP contribution in [0, 0.1) is 0 Å².